The molecule has 0 unspecified atom stereocenters. The quantitative estimate of drug-likeness (QED) is 0.426. The summed E-state index contributed by atoms with van der Waals surface area (Å²) in [6.07, 6.45) is 5.41. The normalized spacial score (nSPS) is 16.0. The first-order valence-electron chi connectivity index (χ1n) is 13.0. The second kappa shape index (κ2) is 16.3. The Morgan fingerprint density at radius 3 is 1.95 bits per heavy atom. The SMILES string of the molecule is C.Cc1nccc(N2CCCN(C(=O)OC(C)(C)C)CC2)c1Cl.Cc1nccc(N2CCCNCC2)c1Cl.Cl. The number of nitrogens with one attached hydrogen (secondary N) is 1. The third kappa shape index (κ3) is 10.5. The molecule has 11 heteroatoms. The number of hydrogen-bond donors (Lipinski definition) is 1. The molecule has 2 aromatic rings. The van der Waals surface area contributed by atoms with Gasteiger partial charge in [-0.1, -0.05) is 30.6 Å². The lowest BCUT2D eigenvalue weighted by molar-refractivity contribution is 0.0263. The average Bonchev–Trinajstić information content (AvgIpc) is 3.26. The van der Waals surface area contributed by atoms with E-state index in [0.717, 1.165) is 79.9 Å². The van der Waals surface area contributed by atoms with E-state index in [-0.39, 0.29) is 25.9 Å². The van der Waals surface area contributed by atoms with Gasteiger partial charge < -0.3 is 24.8 Å². The Kier molecular flexibility index (Phi) is 14.6. The van der Waals surface area contributed by atoms with Crippen LogP contribution in [0.1, 0.15) is 52.4 Å². The molecular weight excluding hydrogens is 559 g/mol. The summed E-state index contributed by atoms with van der Waals surface area (Å²) in [6.45, 7) is 16.6. The van der Waals surface area contributed by atoms with E-state index < -0.39 is 5.60 Å². The molecule has 0 saturated carbocycles. The number of halogens is 3. The summed E-state index contributed by atoms with van der Waals surface area (Å²) in [6, 6.07) is 3.93. The van der Waals surface area contributed by atoms with E-state index in [1.165, 1.54) is 0 Å². The lowest BCUT2D eigenvalue weighted by Gasteiger charge is -2.27. The van der Waals surface area contributed by atoms with E-state index in [4.69, 9.17) is 27.9 Å². The zero-order valence-electron chi connectivity index (χ0n) is 23.1. The van der Waals surface area contributed by atoms with Crippen molar-refractivity contribution in [2.24, 2.45) is 0 Å². The van der Waals surface area contributed by atoms with Crippen molar-refractivity contribution in [3.05, 3.63) is 46.0 Å². The molecule has 0 radical (unpaired) electrons. The Labute approximate surface area is 250 Å². The fourth-order valence-corrected chi connectivity index (χ4v) is 4.77. The van der Waals surface area contributed by atoms with Crippen LogP contribution in [0.4, 0.5) is 16.2 Å². The van der Waals surface area contributed by atoms with Crippen molar-refractivity contribution in [2.45, 2.75) is 60.5 Å². The Balaban J connectivity index is 0.000000394. The fourth-order valence-electron chi connectivity index (χ4n) is 4.31. The van der Waals surface area contributed by atoms with Gasteiger partial charge in [0.2, 0.25) is 0 Å². The predicted molar refractivity (Wildman–Crippen MR) is 166 cm³/mol. The van der Waals surface area contributed by atoms with E-state index in [1.807, 2.05) is 52.9 Å². The molecule has 4 heterocycles. The lowest BCUT2D eigenvalue weighted by Crippen LogP contribution is -2.39. The first-order chi connectivity index (χ1) is 17.6. The van der Waals surface area contributed by atoms with Gasteiger partial charge in [0.25, 0.3) is 0 Å². The second-order valence-corrected chi connectivity index (χ2v) is 11.1. The van der Waals surface area contributed by atoms with E-state index in [1.54, 1.807) is 11.1 Å². The van der Waals surface area contributed by atoms with Crippen LogP contribution in [0.15, 0.2) is 24.5 Å². The Hall–Kier alpha value is -2.00. The Morgan fingerprint density at radius 1 is 0.846 bits per heavy atom. The van der Waals surface area contributed by atoms with Crippen LogP contribution < -0.4 is 15.1 Å². The molecule has 1 amide bonds. The number of hydrogen-bond acceptors (Lipinski definition) is 7. The first kappa shape index (κ1) is 35.0. The smallest absolute Gasteiger partial charge is 0.410 e. The number of carbonyl (C=O) groups excluding carboxylic acids is 1. The number of carbonyl (C=O) groups is 1. The summed E-state index contributed by atoms with van der Waals surface area (Å²) >= 11 is 12.6. The highest BCUT2D eigenvalue weighted by molar-refractivity contribution is 6.34. The van der Waals surface area contributed by atoms with Crippen LogP contribution >= 0.6 is 35.6 Å². The van der Waals surface area contributed by atoms with E-state index in [9.17, 15) is 4.79 Å². The lowest BCUT2D eigenvalue weighted by atomic mass is 10.2. The molecule has 2 aliphatic heterocycles. The monoisotopic (exact) mass is 602 g/mol. The van der Waals surface area contributed by atoms with Gasteiger partial charge in [-0.25, -0.2) is 4.79 Å². The van der Waals surface area contributed by atoms with Gasteiger partial charge in [0.15, 0.2) is 0 Å². The van der Waals surface area contributed by atoms with Gasteiger partial charge in [-0.2, -0.15) is 0 Å². The molecule has 220 valence electrons. The van der Waals surface area contributed by atoms with Crippen molar-refractivity contribution < 1.29 is 9.53 Å². The number of pyridine rings is 2. The van der Waals surface area contributed by atoms with Crippen LogP contribution in [-0.2, 0) is 4.74 Å². The average molecular weight is 604 g/mol. The molecule has 2 saturated heterocycles. The summed E-state index contributed by atoms with van der Waals surface area (Å²) in [5.41, 5.74) is 3.38. The number of nitrogens with zero attached hydrogens (tertiary/aromatic N) is 5. The maximum atomic E-state index is 12.2. The first-order valence-corrected chi connectivity index (χ1v) is 13.7. The van der Waals surface area contributed by atoms with Gasteiger partial charge in [-0.3, -0.25) is 9.97 Å². The summed E-state index contributed by atoms with van der Waals surface area (Å²) in [5, 5.41) is 4.86. The molecule has 1 N–H and O–H groups in total. The van der Waals surface area contributed by atoms with Crippen molar-refractivity contribution in [2.75, 3.05) is 62.2 Å². The van der Waals surface area contributed by atoms with Crippen LogP contribution in [0.3, 0.4) is 0 Å². The zero-order valence-corrected chi connectivity index (χ0v) is 25.4. The van der Waals surface area contributed by atoms with Gasteiger partial charge in [-0.15, -0.1) is 12.4 Å². The summed E-state index contributed by atoms with van der Waals surface area (Å²) < 4.78 is 5.45. The maximum Gasteiger partial charge on any atom is 0.410 e. The van der Waals surface area contributed by atoms with Gasteiger partial charge in [0, 0.05) is 58.2 Å². The van der Waals surface area contributed by atoms with Crippen LogP contribution in [-0.4, -0.2) is 78.9 Å². The summed E-state index contributed by atoms with van der Waals surface area (Å²) in [4.78, 5) is 26.9. The van der Waals surface area contributed by atoms with Crippen LogP contribution in [0.5, 0.6) is 0 Å². The maximum absolute atomic E-state index is 12.2. The van der Waals surface area contributed by atoms with Crippen LogP contribution in [0.25, 0.3) is 0 Å². The number of aromatic nitrogens is 2. The molecule has 8 nitrogen and oxygen atoms in total. The van der Waals surface area contributed by atoms with Gasteiger partial charge in [0.1, 0.15) is 5.60 Å². The number of aryl methyl sites for hydroxylation is 2. The molecule has 0 bridgehead atoms. The minimum atomic E-state index is -0.464. The fraction of sp³-hybridized carbons (Fsp3) is 0.607. The topological polar surface area (TPSA) is 73.8 Å². The van der Waals surface area contributed by atoms with Crippen LogP contribution in [0.2, 0.25) is 10.0 Å². The Morgan fingerprint density at radius 2 is 1.38 bits per heavy atom. The molecule has 0 spiro atoms. The van der Waals surface area contributed by atoms with Crippen molar-refractivity contribution in [1.82, 2.24) is 20.2 Å². The Bertz CT molecular complexity index is 1040. The van der Waals surface area contributed by atoms with Crippen molar-refractivity contribution in [3.63, 3.8) is 0 Å². The number of anilines is 2. The molecule has 0 atom stereocenters. The highest BCUT2D eigenvalue weighted by atomic mass is 35.5. The van der Waals surface area contributed by atoms with Gasteiger partial charge in [0.05, 0.1) is 32.8 Å². The number of amides is 1. The molecule has 2 fully saturated rings. The number of ether oxygens (including phenoxy) is 1. The van der Waals surface area contributed by atoms with Gasteiger partial charge in [-0.05, 0) is 66.1 Å². The molecular formula is C28H45Cl3N6O2. The van der Waals surface area contributed by atoms with Crippen molar-refractivity contribution >= 4 is 53.1 Å². The third-order valence-corrected chi connectivity index (χ3v) is 7.19. The predicted octanol–water partition coefficient (Wildman–Crippen LogP) is 6.39. The minimum Gasteiger partial charge on any atom is -0.444 e. The summed E-state index contributed by atoms with van der Waals surface area (Å²) in [5.74, 6) is 0. The zero-order chi connectivity index (χ0) is 27.0. The molecule has 0 aromatic carbocycles. The van der Waals surface area contributed by atoms with Crippen LogP contribution in [0, 0.1) is 13.8 Å². The third-order valence-electron chi connectivity index (χ3n) is 6.26. The van der Waals surface area contributed by atoms with Crippen molar-refractivity contribution in [3.8, 4) is 0 Å². The second-order valence-electron chi connectivity index (χ2n) is 10.4. The standard InChI is InChI=1S/C16H24ClN3O2.C11H16ClN3.CH4.ClH/c1-12-14(17)13(6-7-18-12)19-8-5-9-20(11-10-19)15(21)22-16(2,3)4;1-9-11(12)10(3-5-14-9)15-7-2-4-13-6-8-15;;/h6-7H,5,8-11H2,1-4H3;3,5,13H,2,4,6-8H2,1H3;1H4;1H. The highest BCUT2D eigenvalue weighted by Gasteiger charge is 2.25. The largest absolute Gasteiger partial charge is 0.444 e. The van der Waals surface area contributed by atoms with Gasteiger partial charge >= 0.3 is 6.09 Å². The molecule has 39 heavy (non-hydrogen) atoms. The van der Waals surface area contributed by atoms with E-state index in [2.05, 4.69) is 25.1 Å². The van der Waals surface area contributed by atoms with E-state index in [0.29, 0.717) is 18.1 Å². The number of rotatable bonds is 2. The van der Waals surface area contributed by atoms with E-state index >= 15 is 0 Å². The minimum absolute atomic E-state index is 0. The molecule has 2 aliphatic rings. The molecule has 0 aliphatic carbocycles. The molecule has 4 rings (SSSR count). The molecule has 2 aromatic heterocycles. The van der Waals surface area contributed by atoms with Crippen molar-refractivity contribution in [1.29, 1.82) is 0 Å². The summed E-state index contributed by atoms with van der Waals surface area (Å²) in [7, 11) is 0. The highest BCUT2D eigenvalue weighted by Crippen LogP contribution is 2.29.